The van der Waals surface area contributed by atoms with Crippen LogP contribution in [0.1, 0.15) is 26.3 Å². The molecule has 0 aromatic heterocycles. The van der Waals surface area contributed by atoms with Gasteiger partial charge in [-0.15, -0.1) is 0 Å². The second kappa shape index (κ2) is 5.09. The lowest BCUT2D eigenvalue weighted by molar-refractivity contribution is -0.124. The van der Waals surface area contributed by atoms with Crippen LogP contribution in [0.4, 0.5) is 0 Å². The van der Waals surface area contributed by atoms with Crippen LogP contribution in [-0.4, -0.2) is 18.7 Å². The van der Waals surface area contributed by atoms with Crippen molar-refractivity contribution in [3.63, 3.8) is 0 Å². The molecule has 5 nitrogen and oxygen atoms in total. The second-order valence-corrected chi connectivity index (χ2v) is 5.75. The Kier molecular flexibility index (Phi) is 3.66. The average Bonchev–Trinajstić information content (AvgIpc) is 2.81. The Morgan fingerprint density at radius 2 is 2.05 bits per heavy atom. The highest BCUT2D eigenvalue weighted by atomic mass is 16.7. The van der Waals surface area contributed by atoms with E-state index >= 15 is 0 Å². The van der Waals surface area contributed by atoms with Crippen molar-refractivity contribution in [2.75, 3.05) is 6.79 Å². The highest BCUT2D eigenvalue weighted by Gasteiger charge is 2.27. The van der Waals surface area contributed by atoms with Gasteiger partial charge in [0.1, 0.15) is 0 Å². The third kappa shape index (κ3) is 3.17. The van der Waals surface area contributed by atoms with Crippen molar-refractivity contribution < 1.29 is 14.3 Å². The van der Waals surface area contributed by atoms with Gasteiger partial charge in [0.25, 0.3) is 0 Å². The predicted molar refractivity (Wildman–Crippen MR) is 71.8 cm³/mol. The first-order chi connectivity index (χ1) is 8.88. The fourth-order valence-corrected chi connectivity index (χ4v) is 1.74. The van der Waals surface area contributed by atoms with Gasteiger partial charge in [-0.05, 0) is 23.1 Å². The van der Waals surface area contributed by atoms with Gasteiger partial charge in [0, 0.05) is 6.54 Å². The van der Waals surface area contributed by atoms with Crippen LogP contribution in [0, 0.1) is 5.41 Å². The number of ether oxygens (including phenoxy) is 2. The van der Waals surface area contributed by atoms with Crippen LogP contribution in [0.2, 0.25) is 0 Å². The van der Waals surface area contributed by atoms with E-state index in [4.69, 9.17) is 15.2 Å². The Hall–Kier alpha value is -1.75. The number of amides is 1. The highest BCUT2D eigenvalue weighted by molar-refractivity contribution is 5.82. The molecule has 0 saturated carbocycles. The van der Waals surface area contributed by atoms with Crippen molar-refractivity contribution in [2.45, 2.75) is 33.4 Å². The van der Waals surface area contributed by atoms with Gasteiger partial charge in [0.2, 0.25) is 12.7 Å². The number of nitrogens with two attached hydrogens (primary N) is 1. The lowest BCUT2D eigenvalue weighted by Gasteiger charge is -2.25. The van der Waals surface area contributed by atoms with E-state index in [1.165, 1.54) is 0 Å². The summed E-state index contributed by atoms with van der Waals surface area (Å²) >= 11 is 0. The largest absolute Gasteiger partial charge is 0.454 e. The molecule has 1 atom stereocenters. The predicted octanol–water partition coefficient (Wildman–Crippen LogP) is 1.40. The molecule has 104 valence electrons. The molecule has 0 saturated heterocycles. The molecule has 1 aliphatic heterocycles. The van der Waals surface area contributed by atoms with Crippen molar-refractivity contribution in [2.24, 2.45) is 11.1 Å². The number of carbonyl (C=O) groups excluding carboxylic acids is 1. The Balaban J connectivity index is 1.94. The molecule has 3 N–H and O–H groups in total. The minimum Gasteiger partial charge on any atom is -0.454 e. The van der Waals surface area contributed by atoms with E-state index in [0.717, 1.165) is 11.3 Å². The monoisotopic (exact) mass is 264 g/mol. The maximum absolute atomic E-state index is 11.9. The summed E-state index contributed by atoms with van der Waals surface area (Å²) in [6.45, 7) is 6.51. The normalized spacial score (nSPS) is 15.2. The van der Waals surface area contributed by atoms with Gasteiger partial charge in [0.05, 0.1) is 6.04 Å². The molecule has 1 amide bonds. The van der Waals surface area contributed by atoms with Gasteiger partial charge in [-0.2, -0.15) is 0 Å². The number of hydrogen-bond acceptors (Lipinski definition) is 4. The maximum atomic E-state index is 11.9. The lowest BCUT2D eigenvalue weighted by atomic mass is 9.87. The van der Waals surface area contributed by atoms with Crippen LogP contribution in [0.15, 0.2) is 18.2 Å². The Morgan fingerprint density at radius 3 is 2.74 bits per heavy atom. The number of nitrogens with one attached hydrogen (secondary N) is 1. The molecular weight excluding hydrogens is 244 g/mol. The molecular formula is C14H20N2O3. The van der Waals surface area contributed by atoms with E-state index in [2.05, 4.69) is 5.32 Å². The highest BCUT2D eigenvalue weighted by Crippen LogP contribution is 2.32. The fourth-order valence-electron chi connectivity index (χ4n) is 1.74. The van der Waals surface area contributed by atoms with Gasteiger partial charge < -0.3 is 20.5 Å². The molecule has 0 bridgehead atoms. The molecule has 19 heavy (non-hydrogen) atoms. The zero-order valence-corrected chi connectivity index (χ0v) is 11.5. The van der Waals surface area contributed by atoms with Gasteiger partial charge in [-0.1, -0.05) is 26.8 Å². The fraction of sp³-hybridized carbons (Fsp3) is 0.500. The van der Waals surface area contributed by atoms with E-state index in [0.29, 0.717) is 12.3 Å². The Morgan fingerprint density at radius 1 is 1.37 bits per heavy atom. The molecule has 5 heteroatoms. The summed E-state index contributed by atoms with van der Waals surface area (Å²) in [5, 5.41) is 2.84. The first-order valence-corrected chi connectivity index (χ1v) is 6.30. The Labute approximate surface area is 113 Å². The second-order valence-electron chi connectivity index (χ2n) is 5.75. The summed E-state index contributed by atoms with van der Waals surface area (Å²) in [4.78, 5) is 11.9. The number of rotatable bonds is 3. The standard InChI is InChI=1S/C14H20N2O3/c1-14(2,3)12(15)13(17)16-7-9-4-5-10-11(6-9)19-8-18-10/h4-6,12H,7-8,15H2,1-3H3,(H,16,17)/t12-/m1/s1. The number of hydrogen-bond donors (Lipinski definition) is 2. The molecule has 0 unspecified atom stereocenters. The third-order valence-electron chi connectivity index (χ3n) is 3.12. The molecule has 2 rings (SSSR count). The topological polar surface area (TPSA) is 73.6 Å². The van der Waals surface area contributed by atoms with Crippen LogP contribution >= 0.6 is 0 Å². The summed E-state index contributed by atoms with van der Waals surface area (Å²) in [7, 11) is 0. The molecule has 0 radical (unpaired) electrons. The minimum absolute atomic E-state index is 0.148. The van der Waals surface area contributed by atoms with Crippen molar-refractivity contribution in [3.05, 3.63) is 23.8 Å². The number of fused-ring (bicyclic) bond motifs is 1. The molecule has 1 aromatic carbocycles. The average molecular weight is 264 g/mol. The van der Waals surface area contributed by atoms with Crippen molar-refractivity contribution in [1.82, 2.24) is 5.32 Å². The quantitative estimate of drug-likeness (QED) is 0.865. The van der Waals surface area contributed by atoms with Gasteiger partial charge in [-0.25, -0.2) is 0 Å². The molecule has 1 aliphatic rings. The molecule has 0 aliphatic carbocycles. The Bertz CT molecular complexity index is 480. The van der Waals surface area contributed by atoms with Crippen molar-refractivity contribution in [1.29, 1.82) is 0 Å². The van der Waals surface area contributed by atoms with Crippen LogP contribution in [0.3, 0.4) is 0 Å². The van der Waals surface area contributed by atoms with E-state index in [-0.39, 0.29) is 18.1 Å². The van der Waals surface area contributed by atoms with Crippen molar-refractivity contribution in [3.8, 4) is 11.5 Å². The summed E-state index contributed by atoms with van der Waals surface area (Å²) in [5.41, 5.74) is 6.60. The van der Waals surface area contributed by atoms with Crippen molar-refractivity contribution >= 4 is 5.91 Å². The van der Waals surface area contributed by atoms with E-state index in [1.807, 2.05) is 39.0 Å². The molecule has 0 spiro atoms. The first-order valence-electron chi connectivity index (χ1n) is 6.30. The molecule has 1 aromatic rings. The van der Waals surface area contributed by atoms with Crippen LogP contribution in [-0.2, 0) is 11.3 Å². The molecule has 0 fully saturated rings. The van der Waals surface area contributed by atoms with Gasteiger partial charge in [-0.3, -0.25) is 4.79 Å². The lowest BCUT2D eigenvalue weighted by Crippen LogP contribution is -2.48. The minimum atomic E-state index is -0.526. The number of carbonyl (C=O) groups is 1. The molecule has 1 heterocycles. The van der Waals surface area contributed by atoms with E-state index < -0.39 is 6.04 Å². The zero-order chi connectivity index (χ0) is 14.0. The van der Waals surface area contributed by atoms with Gasteiger partial charge in [0.15, 0.2) is 11.5 Å². The smallest absolute Gasteiger partial charge is 0.237 e. The van der Waals surface area contributed by atoms with E-state index in [9.17, 15) is 4.79 Å². The number of benzene rings is 1. The third-order valence-corrected chi connectivity index (χ3v) is 3.12. The maximum Gasteiger partial charge on any atom is 0.237 e. The van der Waals surface area contributed by atoms with Crippen LogP contribution in [0.25, 0.3) is 0 Å². The summed E-state index contributed by atoms with van der Waals surface area (Å²) < 4.78 is 10.5. The zero-order valence-electron chi connectivity index (χ0n) is 11.5. The van der Waals surface area contributed by atoms with Crippen LogP contribution < -0.4 is 20.5 Å². The van der Waals surface area contributed by atoms with Gasteiger partial charge >= 0.3 is 0 Å². The summed E-state index contributed by atoms with van der Waals surface area (Å²) in [6.07, 6.45) is 0. The summed E-state index contributed by atoms with van der Waals surface area (Å²) in [6, 6.07) is 5.08. The van der Waals surface area contributed by atoms with Crippen LogP contribution in [0.5, 0.6) is 11.5 Å². The first kappa shape index (κ1) is 13.7. The van der Waals surface area contributed by atoms with E-state index in [1.54, 1.807) is 0 Å². The summed E-state index contributed by atoms with van der Waals surface area (Å²) in [5.74, 6) is 1.30. The SMILES string of the molecule is CC(C)(C)[C@H](N)C(=O)NCc1ccc2c(c1)OCO2.